The van der Waals surface area contributed by atoms with Crippen molar-refractivity contribution in [2.45, 2.75) is 124 Å². The lowest BCUT2D eigenvalue weighted by molar-refractivity contribution is -0.155. The van der Waals surface area contributed by atoms with Gasteiger partial charge < -0.3 is 4.74 Å². The summed E-state index contributed by atoms with van der Waals surface area (Å²) < 4.78 is 5.53. The Morgan fingerprint density at radius 1 is 0.903 bits per heavy atom. The number of carbonyl (C=O) groups is 1. The largest absolute Gasteiger partial charge is 0.460 e. The molecule has 4 aliphatic carbocycles. The number of carbonyl (C=O) groups excluding carboxylic acids is 1. The van der Waals surface area contributed by atoms with E-state index in [-0.39, 0.29) is 11.6 Å². The Hall–Kier alpha value is 0.170. The van der Waals surface area contributed by atoms with E-state index in [1.807, 2.05) is 20.8 Å². The van der Waals surface area contributed by atoms with E-state index in [1.54, 1.807) is 0 Å². The van der Waals surface area contributed by atoms with Crippen molar-refractivity contribution in [2.24, 2.45) is 40.4 Å². The van der Waals surface area contributed by atoms with E-state index in [0.717, 1.165) is 36.0 Å². The SMILES string of the molecule is CC(C)(C)OC(=O)CCCC1CCC2C3CCC4CCCCC4(C)C3CCC12C.SS. The molecule has 4 saturated carbocycles. The van der Waals surface area contributed by atoms with Crippen LogP contribution in [0.15, 0.2) is 0 Å². The zero-order valence-corrected chi connectivity index (χ0v) is 22.6. The molecule has 0 amide bonds. The minimum absolute atomic E-state index is 0.00977. The third-order valence-electron chi connectivity index (χ3n) is 10.1. The molecular formula is C27H48O2S2. The molecule has 0 radical (unpaired) electrons. The second kappa shape index (κ2) is 10.2. The number of fused-ring (bicyclic) bond motifs is 5. The fourth-order valence-electron chi connectivity index (χ4n) is 8.76. The maximum atomic E-state index is 12.1. The molecule has 0 spiro atoms. The van der Waals surface area contributed by atoms with Gasteiger partial charge in [-0.05, 0) is 125 Å². The highest BCUT2D eigenvalue weighted by molar-refractivity contribution is 8.59. The van der Waals surface area contributed by atoms with Crippen molar-refractivity contribution < 1.29 is 9.53 Å². The Labute approximate surface area is 202 Å². The zero-order chi connectivity index (χ0) is 22.9. The monoisotopic (exact) mass is 468 g/mol. The van der Waals surface area contributed by atoms with E-state index in [1.165, 1.54) is 70.6 Å². The summed E-state index contributed by atoms with van der Waals surface area (Å²) in [5.41, 5.74) is 0.832. The molecule has 0 aromatic carbocycles. The van der Waals surface area contributed by atoms with Crippen LogP contribution in [0.4, 0.5) is 0 Å². The second-order valence-electron chi connectivity index (χ2n) is 12.7. The molecule has 31 heavy (non-hydrogen) atoms. The summed E-state index contributed by atoms with van der Waals surface area (Å²) in [6.45, 7) is 11.2. The summed E-state index contributed by atoms with van der Waals surface area (Å²) in [5.74, 6) is 4.78. The number of rotatable bonds is 4. The van der Waals surface area contributed by atoms with E-state index < -0.39 is 0 Å². The fraction of sp³-hybridized carbons (Fsp3) is 0.963. The van der Waals surface area contributed by atoms with E-state index in [0.29, 0.717) is 17.3 Å². The molecule has 0 N–H and O–H groups in total. The Morgan fingerprint density at radius 2 is 1.61 bits per heavy atom. The lowest BCUT2D eigenvalue weighted by Crippen LogP contribution is -2.52. The molecule has 0 bridgehead atoms. The van der Waals surface area contributed by atoms with Crippen molar-refractivity contribution >= 4 is 29.3 Å². The van der Waals surface area contributed by atoms with Gasteiger partial charge in [0.2, 0.25) is 0 Å². The van der Waals surface area contributed by atoms with Crippen LogP contribution in [0, 0.1) is 40.4 Å². The van der Waals surface area contributed by atoms with Gasteiger partial charge in [0.1, 0.15) is 5.60 Å². The van der Waals surface area contributed by atoms with Gasteiger partial charge in [0, 0.05) is 6.42 Å². The number of hydrogen-bond acceptors (Lipinski definition) is 4. The van der Waals surface area contributed by atoms with Gasteiger partial charge in [-0.25, -0.2) is 0 Å². The Bertz CT molecular complexity index is 615. The molecule has 7 atom stereocenters. The molecule has 0 aliphatic heterocycles. The van der Waals surface area contributed by atoms with Gasteiger partial charge in [-0.1, -0.05) is 26.7 Å². The van der Waals surface area contributed by atoms with Crippen LogP contribution in [0.1, 0.15) is 118 Å². The molecule has 180 valence electrons. The summed E-state index contributed by atoms with van der Waals surface area (Å²) in [6.07, 6.45) is 17.6. The number of thiol groups is 2. The highest BCUT2D eigenvalue weighted by Gasteiger charge is 2.59. The van der Waals surface area contributed by atoms with Crippen molar-refractivity contribution in [1.82, 2.24) is 0 Å². The standard InChI is InChI=1S/C27H46O2.H2S2/c1-25(2,3)29-24(28)11-8-10-20-13-15-22-21-14-12-19-9-6-7-17-26(19,4)23(21)16-18-27(20,22)5;1-2/h19-23H,6-18H2,1-5H3;1-2H. The maximum absolute atomic E-state index is 12.1. The van der Waals surface area contributed by atoms with Crippen LogP contribution >= 0.6 is 23.3 Å². The number of ether oxygens (including phenoxy) is 1. The molecule has 0 saturated heterocycles. The first-order valence-electron chi connectivity index (χ1n) is 13.1. The molecule has 4 heteroatoms. The Morgan fingerprint density at radius 3 is 2.32 bits per heavy atom. The average molecular weight is 469 g/mol. The van der Waals surface area contributed by atoms with Crippen molar-refractivity contribution in [3.8, 4) is 0 Å². The third kappa shape index (κ3) is 5.31. The van der Waals surface area contributed by atoms with Gasteiger partial charge in [0.05, 0.1) is 0 Å². The lowest BCUT2D eigenvalue weighted by atomic mass is 9.45. The van der Waals surface area contributed by atoms with Crippen LogP contribution < -0.4 is 0 Å². The van der Waals surface area contributed by atoms with E-state index in [4.69, 9.17) is 4.74 Å². The van der Waals surface area contributed by atoms with Crippen molar-refractivity contribution in [3.05, 3.63) is 0 Å². The summed E-state index contributed by atoms with van der Waals surface area (Å²) >= 11 is 6.44. The summed E-state index contributed by atoms with van der Waals surface area (Å²) in [6, 6.07) is 0. The Kier molecular flexibility index (Phi) is 8.48. The molecule has 7 unspecified atom stereocenters. The number of hydrogen-bond donors (Lipinski definition) is 2. The maximum Gasteiger partial charge on any atom is 0.306 e. The highest BCUT2D eigenvalue weighted by atomic mass is 33.1. The van der Waals surface area contributed by atoms with Crippen LogP contribution in [0.5, 0.6) is 0 Å². The van der Waals surface area contributed by atoms with Crippen LogP contribution in [-0.2, 0) is 9.53 Å². The van der Waals surface area contributed by atoms with Crippen molar-refractivity contribution in [2.75, 3.05) is 0 Å². The third-order valence-corrected chi connectivity index (χ3v) is 10.1. The van der Waals surface area contributed by atoms with Crippen LogP contribution in [0.25, 0.3) is 0 Å². The first-order valence-corrected chi connectivity index (χ1v) is 14.7. The Balaban J connectivity index is 0.00000132. The minimum atomic E-state index is -0.353. The van der Waals surface area contributed by atoms with Gasteiger partial charge in [-0.15, -0.1) is 23.3 Å². The fourth-order valence-corrected chi connectivity index (χ4v) is 8.76. The van der Waals surface area contributed by atoms with E-state index in [9.17, 15) is 4.79 Å². The lowest BCUT2D eigenvalue weighted by Gasteiger charge is -2.60. The summed E-state index contributed by atoms with van der Waals surface area (Å²) in [4.78, 5) is 12.1. The molecule has 4 aliphatic rings. The topological polar surface area (TPSA) is 26.3 Å². The van der Waals surface area contributed by atoms with Crippen LogP contribution in [0.2, 0.25) is 0 Å². The first kappa shape index (κ1) is 25.8. The molecule has 4 rings (SSSR count). The van der Waals surface area contributed by atoms with Crippen molar-refractivity contribution in [1.29, 1.82) is 0 Å². The van der Waals surface area contributed by atoms with Gasteiger partial charge in [0.25, 0.3) is 0 Å². The van der Waals surface area contributed by atoms with E-state index >= 15 is 0 Å². The second-order valence-corrected chi connectivity index (χ2v) is 12.7. The predicted molar refractivity (Wildman–Crippen MR) is 138 cm³/mol. The molecule has 0 heterocycles. The smallest absolute Gasteiger partial charge is 0.306 e. The van der Waals surface area contributed by atoms with Crippen molar-refractivity contribution in [3.63, 3.8) is 0 Å². The normalized spacial score (nSPS) is 41.8. The summed E-state index contributed by atoms with van der Waals surface area (Å²) in [5, 5.41) is 0. The van der Waals surface area contributed by atoms with Gasteiger partial charge in [-0.2, -0.15) is 0 Å². The zero-order valence-electron chi connectivity index (χ0n) is 20.8. The highest BCUT2D eigenvalue weighted by Crippen LogP contribution is 2.67. The molecule has 0 aromatic rings. The average Bonchev–Trinajstić information content (AvgIpc) is 3.04. The molecule has 4 fully saturated rings. The van der Waals surface area contributed by atoms with Gasteiger partial charge >= 0.3 is 5.97 Å². The minimum Gasteiger partial charge on any atom is -0.460 e. The van der Waals surface area contributed by atoms with E-state index in [2.05, 4.69) is 37.2 Å². The quantitative estimate of drug-likeness (QED) is 0.246. The molecular weight excluding hydrogens is 420 g/mol. The predicted octanol–water partition coefficient (Wildman–Crippen LogP) is 8.31. The summed E-state index contributed by atoms with van der Waals surface area (Å²) in [7, 11) is 0. The number of esters is 1. The van der Waals surface area contributed by atoms with Crippen LogP contribution in [-0.4, -0.2) is 11.6 Å². The first-order chi connectivity index (χ1) is 14.6. The molecule has 2 nitrogen and oxygen atoms in total. The van der Waals surface area contributed by atoms with Gasteiger partial charge in [-0.3, -0.25) is 4.79 Å². The molecule has 0 aromatic heterocycles. The van der Waals surface area contributed by atoms with Crippen LogP contribution in [0.3, 0.4) is 0 Å². The van der Waals surface area contributed by atoms with Gasteiger partial charge in [0.15, 0.2) is 0 Å².